The van der Waals surface area contributed by atoms with Crippen LogP contribution in [0, 0.1) is 0 Å². The third-order valence-electron chi connectivity index (χ3n) is 4.53. The van der Waals surface area contributed by atoms with Gasteiger partial charge < -0.3 is 10.3 Å². The van der Waals surface area contributed by atoms with Crippen molar-refractivity contribution < 1.29 is 9.59 Å². The maximum atomic E-state index is 12.6. The van der Waals surface area contributed by atoms with Crippen LogP contribution in [0.3, 0.4) is 0 Å². The molecule has 0 unspecified atom stereocenters. The third kappa shape index (κ3) is 4.35. The molecule has 6 heteroatoms. The largest absolute Gasteiger partial charge is 0.360 e. The van der Waals surface area contributed by atoms with Crippen LogP contribution in [0.15, 0.2) is 43.1 Å². The second-order valence-corrected chi connectivity index (χ2v) is 6.32. The summed E-state index contributed by atoms with van der Waals surface area (Å²) in [5.41, 5.74) is 1.74. The number of fused-ring (bicyclic) bond motifs is 1. The molecule has 1 aliphatic heterocycles. The summed E-state index contributed by atoms with van der Waals surface area (Å²) in [5, 5.41) is 3.77. The van der Waals surface area contributed by atoms with Crippen LogP contribution < -0.4 is 5.32 Å². The number of benzene rings is 1. The Labute approximate surface area is 147 Å². The molecule has 1 aliphatic rings. The number of aromatic nitrogens is 1. The summed E-state index contributed by atoms with van der Waals surface area (Å²) in [6.45, 7) is 8.08. The number of rotatable bonds is 7. The van der Waals surface area contributed by atoms with Gasteiger partial charge in [-0.25, -0.2) is 0 Å². The highest BCUT2D eigenvalue weighted by Gasteiger charge is 2.21. The molecule has 2 heterocycles. The molecule has 3 rings (SSSR count). The Hall–Kier alpha value is -2.44. The molecule has 0 bridgehead atoms. The molecule has 132 valence electrons. The highest BCUT2D eigenvalue weighted by atomic mass is 16.2. The minimum absolute atomic E-state index is 0.0169. The first-order valence-electron chi connectivity index (χ1n) is 8.59. The minimum atomic E-state index is 0.0169. The molecule has 2 N–H and O–H groups in total. The zero-order valence-electron chi connectivity index (χ0n) is 14.3. The van der Waals surface area contributed by atoms with E-state index in [-0.39, 0.29) is 11.7 Å². The second kappa shape index (κ2) is 8.09. The normalized spacial score (nSPS) is 16.0. The Bertz CT molecular complexity index is 760. The van der Waals surface area contributed by atoms with E-state index in [4.69, 9.17) is 0 Å². The number of aromatic amines is 1. The van der Waals surface area contributed by atoms with Crippen LogP contribution in [0.1, 0.15) is 10.4 Å². The fourth-order valence-electron chi connectivity index (χ4n) is 3.14. The van der Waals surface area contributed by atoms with Gasteiger partial charge >= 0.3 is 0 Å². The first-order valence-corrected chi connectivity index (χ1v) is 8.59. The van der Waals surface area contributed by atoms with E-state index in [0.29, 0.717) is 19.6 Å². The Balaban J connectivity index is 1.49. The number of ketones is 1. The van der Waals surface area contributed by atoms with Gasteiger partial charge in [-0.05, 0) is 6.07 Å². The molecular weight excluding hydrogens is 316 g/mol. The summed E-state index contributed by atoms with van der Waals surface area (Å²) in [6.07, 6.45) is 3.47. The zero-order chi connectivity index (χ0) is 17.6. The number of amides is 1. The van der Waals surface area contributed by atoms with Gasteiger partial charge in [0.15, 0.2) is 5.78 Å². The molecule has 25 heavy (non-hydrogen) atoms. The van der Waals surface area contributed by atoms with Crippen LogP contribution in [0.5, 0.6) is 0 Å². The van der Waals surface area contributed by atoms with E-state index in [0.717, 1.165) is 42.6 Å². The summed E-state index contributed by atoms with van der Waals surface area (Å²) < 4.78 is 0. The second-order valence-electron chi connectivity index (χ2n) is 6.32. The van der Waals surface area contributed by atoms with Crippen molar-refractivity contribution in [2.24, 2.45) is 0 Å². The molecule has 0 atom stereocenters. The number of nitrogens with zero attached hydrogens (tertiary/aromatic N) is 2. The van der Waals surface area contributed by atoms with Crippen molar-refractivity contribution in [1.29, 1.82) is 0 Å². The number of carbonyl (C=O) groups is 2. The topological polar surface area (TPSA) is 68.4 Å². The van der Waals surface area contributed by atoms with E-state index in [1.54, 1.807) is 12.3 Å². The number of hydrogen-bond donors (Lipinski definition) is 2. The van der Waals surface area contributed by atoms with Crippen LogP contribution in [0.4, 0.5) is 0 Å². The lowest BCUT2D eigenvalue weighted by Crippen LogP contribution is -2.50. The Morgan fingerprint density at radius 2 is 1.80 bits per heavy atom. The van der Waals surface area contributed by atoms with E-state index >= 15 is 0 Å². The molecule has 2 aromatic rings. The highest BCUT2D eigenvalue weighted by molar-refractivity contribution is 6.08. The maximum Gasteiger partial charge on any atom is 0.234 e. The quantitative estimate of drug-likeness (QED) is 0.588. The SMILES string of the molecule is C=CCNC(=O)CN1CCN(CC(=O)c2c[nH]c3ccccc23)CC1. The Morgan fingerprint density at radius 1 is 1.12 bits per heavy atom. The minimum Gasteiger partial charge on any atom is -0.360 e. The van der Waals surface area contributed by atoms with Gasteiger partial charge in [-0.3, -0.25) is 19.4 Å². The number of H-pyrrole nitrogens is 1. The van der Waals surface area contributed by atoms with Gasteiger partial charge in [-0.15, -0.1) is 6.58 Å². The average molecular weight is 340 g/mol. The number of para-hydroxylation sites is 1. The monoisotopic (exact) mass is 340 g/mol. The first kappa shape index (κ1) is 17.4. The molecule has 0 saturated carbocycles. The van der Waals surface area contributed by atoms with Crippen LogP contribution in [0.2, 0.25) is 0 Å². The van der Waals surface area contributed by atoms with Crippen molar-refractivity contribution in [2.75, 3.05) is 45.8 Å². The number of Topliss-reactive ketones (excluding diaryl/α,β-unsaturated/α-hetero) is 1. The van der Waals surface area contributed by atoms with E-state index in [2.05, 4.69) is 26.7 Å². The standard InChI is InChI=1S/C19H24N4O2/c1-2-7-20-19(25)14-23-10-8-22(9-11-23)13-18(24)16-12-21-17-6-4-3-5-15(16)17/h2-6,12,21H,1,7-11,13-14H2,(H,20,25). The molecular formula is C19H24N4O2. The van der Waals surface area contributed by atoms with Crippen LogP contribution in [-0.2, 0) is 4.79 Å². The smallest absolute Gasteiger partial charge is 0.234 e. The molecule has 1 amide bonds. The summed E-state index contributed by atoms with van der Waals surface area (Å²) in [7, 11) is 0. The summed E-state index contributed by atoms with van der Waals surface area (Å²) in [5.74, 6) is 0.151. The maximum absolute atomic E-state index is 12.6. The summed E-state index contributed by atoms with van der Waals surface area (Å²) in [6, 6.07) is 7.85. The van der Waals surface area contributed by atoms with Gasteiger partial charge in [0.05, 0.1) is 13.1 Å². The lowest BCUT2D eigenvalue weighted by atomic mass is 10.1. The molecule has 1 aromatic heterocycles. The molecule has 0 radical (unpaired) electrons. The van der Waals surface area contributed by atoms with E-state index in [1.165, 1.54) is 0 Å². The van der Waals surface area contributed by atoms with Gasteiger partial charge in [-0.1, -0.05) is 24.3 Å². The molecule has 6 nitrogen and oxygen atoms in total. The van der Waals surface area contributed by atoms with Crippen molar-refractivity contribution in [3.05, 3.63) is 48.7 Å². The van der Waals surface area contributed by atoms with Gasteiger partial charge in [0.25, 0.3) is 0 Å². The number of carbonyl (C=O) groups excluding carboxylic acids is 2. The van der Waals surface area contributed by atoms with E-state index in [1.807, 2.05) is 24.3 Å². The van der Waals surface area contributed by atoms with E-state index < -0.39 is 0 Å². The van der Waals surface area contributed by atoms with Crippen molar-refractivity contribution in [3.63, 3.8) is 0 Å². The zero-order valence-corrected chi connectivity index (χ0v) is 14.3. The number of hydrogen-bond acceptors (Lipinski definition) is 4. The summed E-state index contributed by atoms with van der Waals surface area (Å²) >= 11 is 0. The molecule has 1 fully saturated rings. The van der Waals surface area contributed by atoms with Crippen molar-refractivity contribution in [2.45, 2.75) is 0 Å². The molecule has 1 aromatic carbocycles. The fourth-order valence-corrected chi connectivity index (χ4v) is 3.14. The van der Waals surface area contributed by atoms with Gasteiger partial charge in [0.2, 0.25) is 5.91 Å². The van der Waals surface area contributed by atoms with Gasteiger partial charge in [-0.2, -0.15) is 0 Å². The molecule has 0 spiro atoms. The van der Waals surface area contributed by atoms with Crippen molar-refractivity contribution in [1.82, 2.24) is 20.1 Å². The van der Waals surface area contributed by atoms with Gasteiger partial charge in [0, 0.05) is 55.4 Å². The lowest BCUT2D eigenvalue weighted by molar-refractivity contribution is -0.122. The lowest BCUT2D eigenvalue weighted by Gasteiger charge is -2.33. The van der Waals surface area contributed by atoms with Crippen LogP contribution in [-0.4, -0.2) is 72.3 Å². The molecule has 0 aliphatic carbocycles. The predicted molar refractivity (Wildman–Crippen MR) is 98.7 cm³/mol. The van der Waals surface area contributed by atoms with Crippen LogP contribution in [0.25, 0.3) is 10.9 Å². The van der Waals surface area contributed by atoms with Gasteiger partial charge in [0.1, 0.15) is 0 Å². The Kier molecular flexibility index (Phi) is 5.63. The first-order chi connectivity index (χ1) is 12.2. The Morgan fingerprint density at radius 3 is 2.52 bits per heavy atom. The molecule has 1 saturated heterocycles. The van der Waals surface area contributed by atoms with Crippen molar-refractivity contribution >= 4 is 22.6 Å². The van der Waals surface area contributed by atoms with Crippen molar-refractivity contribution in [3.8, 4) is 0 Å². The van der Waals surface area contributed by atoms with Crippen LogP contribution >= 0.6 is 0 Å². The summed E-state index contributed by atoms with van der Waals surface area (Å²) in [4.78, 5) is 31.8. The third-order valence-corrected chi connectivity index (χ3v) is 4.53. The number of nitrogens with one attached hydrogen (secondary N) is 2. The predicted octanol–water partition coefficient (Wildman–Crippen LogP) is 1.27. The number of piperazine rings is 1. The fraction of sp³-hybridized carbons (Fsp3) is 0.368. The van der Waals surface area contributed by atoms with E-state index in [9.17, 15) is 9.59 Å². The highest BCUT2D eigenvalue weighted by Crippen LogP contribution is 2.18. The average Bonchev–Trinajstić information content (AvgIpc) is 3.06.